The molecule has 1 aliphatic carbocycles. The van der Waals surface area contributed by atoms with E-state index < -0.39 is 0 Å². The van der Waals surface area contributed by atoms with Crippen molar-refractivity contribution in [3.8, 4) is 0 Å². The summed E-state index contributed by atoms with van der Waals surface area (Å²) in [5, 5.41) is 7.80. The van der Waals surface area contributed by atoms with Gasteiger partial charge in [0.15, 0.2) is 0 Å². The number of amides is 1. The summed E-state index contributed by atoms with van der Waals surface area (Å²) < 4.78 is 0. The van der Waals surface area contributed by atoms with Gasteiger partial charge in [-0.3, -0.25) is 9.89 Å². The molecule has 22 heavy (non-hydrogen) atoms. The Morgan fingerprint density at radius 3 is 2.82 bits per heavy atom. The highest BCUT2D eigenvalue weighted by atomic mass is 32.2. The minimum absolute atomic E-state index is 0.241. The number of H-pyrrole nitrogens is 1. The van der Waals surface area contributed by atoms with E-state index in [0.29, 0.717) is 16.8 Å². The van der Waals surface area contributed by atoms with Gasteiger partial charge in [-0.25, -0.2) is 4.98 Å². The first-order valence-corrected chi connectivity index (χ1v) is 9.45. The van der Waals surface area contributed by atoms with Crippen LogP contribution in [0.25, 0.3) is 0 Å². The van der Waals surface area contributed by atoms with Crippen LogP contribution in [0.2, 0.25) is 0 Å². The SMILES string of the molecule is CC(C)c1nc(SCC(=O)N2CC[C@H]3CCCC[C@H]3C2)n[nH]1. The molecule has 0 radical (unpaired) electrons. The van der Waals surface area contributed by atoms with Gasteiger partial charge in [-0.15, -0.1) is 5.10 Å². The van der Waals surface area contributed by atoms with Crippen LogP contribution in [0.1, 0.15) is 57.7 Å². The molecule has 1 N–H and O–H groups in total. The zero-order valence-corrected chi connectivity index (χ0v) is 14.4. The predicted molar refractivity (Wildman–Crippen MR) is 87.8 cm³/mol. The number of carbonyl (C=O) groups excluding carboxylic acids is 1. The van der Waals surface area contributed by atoms with Crippen LogP contribution in [0.4, 0.5) is 0 Å². The van der Waals surface area contributed by atoms with Crippen LogP contribution in [-0.2, 0) is 4.79 Å². The molecule has 3 rings (SSSR count). The average Bonchev–Trinajstić information content (AvgIpc) is 3.01. The number of aromatic amines is 1. The van der Waals surface area contributed by atoms with Gasteiger partial charge in [0, 0.05) is 19.0 Å². The molecule has 1 saturated carbocycles. The summed E-state index contributed by atoms with van der Waals surface area (Å²) in [4.78, 5) is 18.9. The molecule has 1 aliphatic heterocycles. The Bertz CT molecular complexity index is 516. The molecule has 5 nitrogen and oxygen atoms in total. The zero-order valence-electron chi connectivity index (χ0n) is 13.5. The lowest BCUT2D eigenvalue weighted by Crippen LogP contribution is -2.45. The average molecular weight is 322 g/mol. The maximum Gasteiger partial charge on any atom is 0.233 e. The fourth-order valence-electron chi connectivity index (χ4n) is 3.63. The van der Waals surface area contributed by atoms with Crippen molar-refractivity contribution in [3.63, 3.8) is 0 Å². The number of thioether (sulfide) groups is 1. The molecule has 2 aliphatic rings. The Morgan fingerprint density at radius 1 is 1.32 bits per heavy atom. The van der Waals surface area contributed by atoms with Crippen LogP contribution in [0.5, 0.6) is 0 Å². The Kier molecular flexibility index (Phi) is 5.06. The summed E-state index contributed by atoms with van der Waals surface area (Å²) >= 11 is 1.45. The molecule has 1 amide bonds. The third-order valence-electron chi connectivity index (χ3n) is 5.00. The fourth-order valence-corrected chi connectivity index (χ4v) is 4.33. The molecule has 0 unspecified atom stereocenters. The molecule has 2 atom stereocenters. The molecular weight excluding hydrogens is 296 g/mol. The molecule has 1 aromatic heterocycles. The summed E-state index contributed by atoms with van der Waals surface area (Å²) in [7, 11) is 0. The van der Waals surface area contributed by atoms with Gasteiger partial charge in [0.1, 0.15) is 5.82 Å². The summed E-state index contributed by atoms with van der Waals surface area (Å²) in [6, 6.07) is 0. The standard InChI is InChI=1S/C16H26N4OS/c1-11(2)15-17-16(19-18-15)22-10-14(21)20-8-7-12-5-3-4-6-13(12)9-20/h11-13H,3-10H2,1-2H3,(H,17,18,19)/t12-,13+/m1/s1. The van der Waals surface area contributed by atoms with E-state index in [9.17, 15) is 4.79 Å². The van der Waals surface area contributed by atoms with Gasteiger partial charge < -0.3 is 4.90 Å². The fraction of sp³-hybridized carbons (Fsp3) is 0.812. The van der Waals surface area contributed by atoms with Crippen molar-refractivity contribution in [3.05, 3.63) is 5.82 Å². The third kappa shape index (κ3) is 3.65. The van der Waals surface area contributed by atoms with Gasteiger partial charge in [-0.1, -0.05) is 44.9 Å². The van der Waals surface area contributed by atoms with E-state index in [1.165, 1.54) is 43.9 Å². The number of nitrogens with one attached hydrogen (secondary N) is 1. The van der Waals surface area contributed by atoms with E-state index in [2.05, 4.69) is 33.9 Å². The minimum Gasteiger partial charge on any atom is -0.342 e. The highest BCUT2D eigenvalue weighted by Gasteiger charge is 2.32. The zero-order chi connectivity index (χ0) is 15.5. The number of fused-ring (bicyclic) bond motifs is 1. The molecule has 1 saturated heterocycles. The number of aromatic nitrogens is 3. The van der Waals surface area contributed by atoms with Crippen LogP contribution in [0.15, 0.2) is 5.16 Å². The van der Waals surface area contributed by atoms with E-state index in [0.717, 1.165) is 30.7 Å². The number of rotatable bonds is 4. The topological polar surface area (TPSA) is 61.9 Å². The number of piperidine rings is 1. The Labute approximate surface area is 136 Å². The largest absolute Gasteiger partial charge is 0.342 e. The maximum absolute atomic E-state index is 12.4. The lowest BCUT2D eigenvalue weighted by atomic mass is 9.75. The van der Waals surface area contributed by atoms with Crippen LogP contribution in [0.3, 0.4) is 0 Å². The normalized spacial score (nSPS) is 25.3. The Balaban J connectivity index is 1.49. The van der Waals surface area contributed by atoms with Crippen molar-refractivity contribution in [2.24, 2.45) is 11.8 Å². The van der Waals surface area contributed by atoms with E-state index in [4.69, 9.17) is 0 Å². The number of carbonyl (C=O) groups is 1. The second-order valence-electron chi connectivity index (χ2n) is 6.88. The molecule has 1 aromatic rings. The molecule has 2 heterocycles. The van der Waals surface area contributed by atoms with Crippen LogP contribution in [-0.4, -0.2) is 44.8 Å². The summed E-state index contributed by atoms with van der Waals surface area (Å²) in [5.41, 5.74) is 0. The predicted octanol–water partition coefficient (Wildman–Crippen LogP) is 3.06. The third-order valence-corrected chi connectivity index (χ3v) is 5.83. The first-order valence-electron chi connectivity index (χ1n) is 8.46. The van der Waals surface area contributed by atoms with E-state index in [-0.39, 0.29) is 5.91 Å². The van der Waals surface area contributed by atoms with Crippen molar-refractivity contribution in [1.82, 2.24) is 20.1 Å². The lowest BCUT2D eigenvalue weighted by Gasteiger charge is -2.41. The van der Waals surface area contributed by atoms with Gasteiger partial charge in [0.05, 0.1) is 5.75 Å². The first kappa shape index (κ1) is 15.8. The van der Waals surface area contributed by atoms with Gasteiger partial charge in [0.25, 0.3) is 0 Å². The number of hydrogen-bond donors (Lipinski definition) is 1. The lowest BCUT2D eigenvalue weighted by molar-refractivity contribution is -0.131. The van der Waals surface area contributed by atoms with Gasteiger partial charge in [-0.05, 0) is 24.7 Å². The van der Waals surface area contributed by atoms with Gasteiger partial charge in [0.2, 0.25) is 11.1 Å². The molecule has 2 fully saturated rings. The second kappa shape index (κ2) is 7.02. The van der Waals surface area contributed by atoms with Gasteiger partial charge in [-0.2, -0.15) is 0 Å². The highest BCUT2D eigenvalue weighted by molar-refractivity contribution is 7.99. The molecule has 122 valence electrons. The molecule has 6 heteroatoms. The van der Waals surface area contributed by atoms with Crippen LogP contribution < -0.4 is 0 Å². The Hall–Kier alpha value is -1.04. The summed E-state index contributed by atoms with van der Waals surface area (Å²) in [6.45, 7) is 6.06. The van der Waals surface area contributed by atoms with E-state index in [1.807, 2.05) is 0 Å². The Morgan fingerprint density at radius 2 is 2.09 bits per heavy atom. The quantitative estimate of drug-likeness (QED) is 0.866. The second-order valence-corrected chi connectivity index (χ2v) is 7.82. The molecule has 0 spiro atoms. The number of hydrogen-bond acceptors (Lipinski definition) is 4. The van der Waals surface area contributed by atoms with Crippen molar-refractivity contribution in [2.75, 3.05) is 18.8 Å². The van der Waals surface area contributed by atoms with Crippen molar-refractivity contribution in [1.29, 1.82) is 0 Å². The monoisotopic (exact) mass is 322 g/mol. The van der Waals surface area contributed by atoms with Crippen molar-refractivity contribution < 1.29 is 4.79 Å². The van der Waals surface area contributed by atoms with Crippen LogP contribution in [0, 0.1) is 11.8 Å². The molecular formula is C16H26N4OS. The smallest absolute Gasteiger partial charge is 0.233 e. The first-order chi connectivity index (χ1) is 10.6. The van der Waals surface area contributed by atoms with Crippen LogP contribution >= 0.6 is 11.8 Å². The van der Waals surface area contributed by atoms with Crippen molar-refractivity contribution in [2.45, 2.75) is 57.0 Å². The minimum atomic E-state index is 0.241. The molecule has 0 bridgehead atoms. The summed E-state index contributed by atoms with van der Waals surface area (Å²) in [6.07, 6.45) is 6.59. The maximum atomic E-state index is 12.4. The molecule has 0 aromatic carbocycles. The van der Waals surface area contributed by atoms with E-state index in [1.54, 1.807) is 0 Å². The number of likely N-dealkylation sites (tertiary alicyclic amines) is 1. The van der Waals surface area contributed by atoms with Crippen molar-refractivity contribution >= 4 is 17.7 Å². The van der Waals surface area contributed by atoms with E-state index >= 15 is 0 Å². The highest BCUT2D eigenvalue weighted by Crippen LogP contribution is 2.36. The number of nitrogens with zero attached hydrogens (tertiary/aromatic N) is 3. The van der Waals surface area contributed by atoms with Gasteiger partial charge >= 0.3 is 0 Å². The summed E-state index contributed by atoms with van der Waals surface area (Å²) in [5.74, 6) is 3.53.